The summed E-state index contributed by atoms with van der Waals surface area (Å²) in [7, 11) is 1.67. The Hall–Kier alpha value is -0.720. The number of halogens is 2. The summed E-state index contributed by atoms with van der Waals surface area (Å²) in [5.74, 6) is -0.212. The van der Waals surface area contributed by atoms with Crippen molar-refractivity contribution >= 4 is 44.7 Å². The molecule has 2 heterocycles. The third kappa shape index (κ3) is 1.97. The number of aryl methyl sites for hydroxylation is 1. The number of thiazole rings is 1. The summed E-state index contributed by atoms with van der Waals surface area (Å²) in [4.78, 5) is 16.0. The number of carbonyl (C=O) groups is 1. The maximum Gasteiger partial charge on any atom is 0.241 e. The van der Waals surface area contributed by atoms with Crippen molar-refractivity contribution in [1.82, 2.24) is 14.8 Å². The van der Waals surface area contributed by atoms with Crippen molar-refractivity contribution < 1.29 is 4.79 Å². The summed E-state index contributed by atoms with van der Waals surface area (Å²) in [6, 6.07) is 0. The molecule has 4 nitrogen and oxygen atoms in total. The molecule has 0 fully saturated rings. The fourth-order valence-electron chi connectivity index (χ4n) is 1.13. The van der Waals surface area contributed by atoms with Gasteiger partial charge in [-0.25, -0.2) is 4.98 Å². The topological polar surface area (TPSA) is 47.8 Å². The molecule has 15 heavy (non-hydrogen) atoms. The van der Waals surface area contributed by atoms with E-state index in [0.717, 1.165) is 0 Å². The van der Waals surface area contributed by atoms with Crippen molar-refractivity contribution in [3.63, 3.8) is 0 Å². The number of hydrogen-bond donors (Lipinski definition) is 0. The third-order valence-corrected chi connectivity index (χ3v) is 3.61. The van der Waals surface area contributed by atoms with Crippen LogP contribution in [0.2, 0.25) is 5.02 Å². The van der Waals surface area contributed by atoms with Gasteiger partial charge in [0.15, 0.2) is 5.01 Å². The van der Waals surface area contributed by atoms with E-state index in [1.807, 2.05) is 0 Å². The number of nitrogens with zero attached hydrogens (tertiary/aromatic N) is 3. The van der Waals surface area contributed by atoms with Crippen molar-refractivity contribution in [1.29, 1.82) is 0 Å². The van der Waals surface area contributed by atoms with Crippen molar-refractivity contribution in [3.8, 4) is 0 Å². The highest BCUT2D eigenvalue weighted by Gasteiger charge is 2.20. The average molecular weight is 307 g/mol. The smallest absolute Gasteiger partial charge is 0.241 e. The van der Waals surface area contributed by atoms with Crippen LogP contribution >= 0.6 is 38.9 Å². The van der Waals surface area contributed by atoms with Gasteiger partial charge in [-0.3, -0.25) is 9.48 Å². The van der Waals surface area contributed by atoms with E-state index in [2.05, 4.69) is 26.0 Å². The molecule has 2 aromatic rings. The minimum Gasteiger partial charge on any atom is -0.284 e. The first-order valence-corrected chi connectivity index (χ1v) is 5.98. The van der Waals surface area contributed by atoms with E-state index in [4.69, 9.17) is 11.6 Å². The standard InChI is InChI=1S/C8H5BrClN3OS/c1-13-6(4(10)2-11-13)7(14)8-12-5(9)3-15-8/h2-3H,1H3. The highest BCUT2D eigenvalue weighted by molar-refractivity contribution is 9.10. The molecule has 2 rings (SSSR count). The molecule has 0 amide bonds. The first kappa shape index (κ1) is 10.8. The van der Waals surface area contributed by atoms with Gasteiger partial charge in [0, 0.05) is 12.4 Å². The number of carbonyl (C=O) groups excluding carboxylic acids is 1. The largest absolute Gasteiger partial charge is 0.284 e. The van der Waals surface area contributed by atoms with Crippen LogP contribution in [0.4, 0.5) is 0 Å². The van der Waals surface area contributed by atoms with Crippen LogP contribution in [0.25, 0.3) is 0 Å². The monoisotopic (exact) mass is 305 g/mol. The number of ketones is 1. The van der Waals surface area contributed by atoms with E-state index >= 15 is 0 Å². The minimum atomic E-state index is -0.212. The summed E-state index contributed by atoms with van der Waals surface area (Å²) in [6.45, 7) is 0. The molecule has 0 aliphatic carbocycles. The van der Waals surface area contributed by atoms with E-state index in [9.17, 15) is 4.79 Å². The number of aromatic nitrogens is 3. The van der Waals surface area contributed by atoms with Crippen LogP contribution in [0.3, 0.4) is 0 Å². The van der Waals surface area contributed by atoms with E-state index in [1.54, 1.807) is 12.4 Å². The van der Waals surface area contributed by atoms with Crippen LogP contribution in [0.1, 0.15) is 15.5 Å². The fraction of sp³-hybridized carbons (Fsp3) is 0.125. The first-order valence-electron chi connectivity index (χ1n) is 3.93. The molecule has 0 spiro atoms. The summed E-state index contributed by atoms with van der Waals surface area (Å²) in [6.07, 6.45) is 1.44. The van der Waals surface area contributed by atoms with Crippen LogP contribution < -0.4 is 0 Å². The van der Waals surface area contributed by atoms with Crippen molar-refractivity contribution in [2.75, 3.05) is 0 Å². The lowest BCUT2D eigenvalue weighted by atomic mass is 10.3. The lowest BCUT2D eigenvalue weighted by Crippen LogP contribution is -2.08. The molecular weight excluding hydrogens is 302 g/mol. The predicted octanol–water partition coefficient (Wildman–Crippen LogP) is 2.52. The molecule has 2 aromatic heterocycles. The van der Waals surface area contributed by atoms with Crippen molar-refractivity contribution in [2.24, 2.45) is 7.05 Å². The van der Waals surface area contributed by atoms with Gasteiger partial charge >= 0.3 is 0 Å². The molecule has 0 saturated carbocycles. The Balaban J connectivity index is 2.45. The Kier molecular flexibility index (Phi) is 2.90. The van der Waals surface area contributed by atoms with Crippen LogP contribution in [-0.4, -0.2) is 20.5 Å². The van der Waals surface area contributed by atoms with Gasteiger partial charge in [0.05, 0.1) is 11.2 Å². The summed E-state index contributed by atoms with van der Waals surface area (Å²) in [5.41, 5.74) is 0.360. The highest BCUT2D eigenvalue weighted by Crippen LogP contribution is 2.22. The maximum atomic E-state index is 11.9. The first-order chi connectivity index (χ1) is 7.09. The van der Waals surface area contributed by atoms with Crippen molar-refractivity contribution in [2.45, 2.75) is 0 Å². The summed E-state index contributed by atoms with van der Waals surface area (Å²) >= 11 is 10.3. The molecule has 0 atom stereocenters. The fourth-order valence-corrected chi connectivity index (χ4v) is 2.57. The van der Waals surface area contributed by atoms with E-state index in [0.29, 0.717) is 20.3 Å². The quantitative estimate of drug-likeness (QED) is 0.801. The lowest BCUT2D eigenvalue weighted by molar-refractivity contribution is 0.103. The Morgan fingerprint density at radius 2 is 2.40 bits per heavy atom. The molecule has 78 valence electrons. The third-order valence-electron chi connectivity index (χ3n) is 1.78. The van der Waals surface area contributed by atoms with Gasteiger partial charge < -0.3 is 0 Å². The van der Waals surface area contributed by atoms with Gasteiger partial charge in [0.25, 0.3) is 0 Å². The van der Waals surface area contributed by atoms with Gasteiger partial charge in [0.2, 0.25) is 5.78 Å². The van der Waals surface area contributed by atoms with E-state index in [1.165, 1.54) is 22.2 Å². The SMILES string of the molecule is Cn1ncc(Cl)c1C(=O)c1nc(Br)cs1. The molecule has 0 N–H and O–H groups in total. The van der Waals surface area contributed by atoms with Crippen LogP contribution in [0.5, 0.6) is 0 Å². The second-order valence-electron chi connectivity index (χ2n) is 2.77. The van der Waals surface area contributed by atoms with Crippen molar-refractivity contribution in [3.05, 3.63) is 31.9 Å². The van der Waals surface area contributed by atoms with Gasteiger partial charge in [-0.05, 0) is 15.9 Å². The Morgan fingerprint density at radius 3 is 2.87 bits per heavy atom. The number of hydrogen-bond acceptors (Lipinski definition) is 4. The van der Waals surface area contributed by atoms with Crippen LogP contribution in [0, 0.1) is 0 Å². The Labute approximate surface area is 103 Å². The zero-order chi connectivity index (χ0) is 11.0. The second kappa shape index (κ2) is 4.03. The predicted molar refractivity (Wildman–Crippen MR) is 61.5 cm³/mol. The van der Waals surface area contributed by atoms with Gasteiger partial charge in [-0.15, -0.1) is 11.3 Å². The summed E-state index contributed by atoms with van der Waals surface area (Å²) < 4.78 is 2.09. The zero-order valence-corrected chi connectivity index (χ0v) is 10.7. The normalized spacial score (nSPS) is 10.6. The number of rotatable bonds is 2. The van der Waals surface area contributed by atoms with Crippen LogP contribution in [0.15, 0.2) is 16.2 Å². The molecule has 0 radical (unpaired) electrons. The Morgan fingerprint density at radius 1 is 1.67 bits per heavy atom. The Bertz CT molecular complexity index is 502. The zero-order valence-electron chi connectivity index (χ0n) is 7.57. The van der Waals surface area contributed by atoms with Gasteiger partial charge in [0.1, 0.15) is 10.3 Å². The lowest BCUT2D eigenvalue weighted by Gasteiger charge is -1.98. The molecule has 7 heteroatoms. The molecule has 0 saturated heterocycles. The second-order valence-corrected chi connectivity index (χ2v) is 4.85. The molecule has 0 bridgehead atoms. The molecular formula is C8H5BrClN3OS. The van der Waals surface area contributed by atoms with E-state index < -0.39 is 0 Å². The summed E-state index contributed by atoms with van der Waals surface area (Å²) in [5, 5.41) is 6.38. The molecule has 0 unspecified atom stereocenters. The average Bonchev–Trinajstić information content (AvgIpc) is 2.73. The van der Waals surface area contributed by atoms with E-state index in [-0.39, 0.29) is 5.78 Å². The van der Waals surface area contributed by atoms with Crippen LogP contribution in [-0.2, 0) is 7.05 Å². The minimum absolute atomic E-state index is 0.212. The van der Waals surface area contributed by atoms with Gasteiger partial charge in [-0.1, -0.05) is 11.6 Å². The highest BCUT2D eigenvalue weighted by atomic mass is 79.9. The molecule has 0 aromatic carbocycles. The molecule has 0 aliphatic rings. The van der Waals surface area contributed by atoms with Gasteiger partial charge in [-0.2, -0.15) is 5.10 Å². The molecule has 0 aliphatic heterocycles. The maximum absolute atomic E-state index is 11.9.